The first-order valence-corrected chi connectivity index (χ1v) is 11.1. The maximum absolute atomic E-state index is 11.8. The third-order valence-corrected chi connectivity index (χ3v) is 4.76. The summed E-state index contributed by atoms with van der Waals surface area (Å²) in [6.07, 6.45) is 5.46. The Morgan fingerprint density at radius 3 is 1.23 bits per heavy atom. The lowest BCUT2D eigenvalue weighted by Crippen LogP contribution is -2.18. The van der Waals surface area contributed by atoms with E-state index in [4.69, 9.17) is 18.9 Å². The zero-order valence-electron chi connectivity index (χ0n) is 18.3. The maximum Gasteiger partial charge on any atom is 0.306 e. The maximum atomic E-state index is 11.8. The lowest BCUT2D eigenvalue weighted by molar-refractivity contribution is -0.151. The van der Waals surface area contributed by atoms with Crippen molar-refractivity contribution in [3.8, 4) is 0 Å². The minimum Gasteiger partial charge on any atom is -0.466 e. The molecule has 0 aliphatic carbocycles. The molecule has 0 aromatic carbocycles. The Balaban J connectivity index is 2.42. The highest BCUT2D eigenvalue weighted by Crippen LogP contribution is 2.10. The third kappa shape index (κ3) is 14.0. The molecule has 8 nitrogen and oxygen atoms in total. The number of carbonyl (C=O) groups is 4. The van der Waals surface area contributed by atoms with Gasteiger partial charge in [-0.2, -0.15) is 0 Å². The van der Waals surface area contributed by atoms with Crippen LogP contribution in [0, 0.1) is 0 Å². The second-order valence-corrected chi connectivity index (χ2v) is 7.74. The van der Waals surface area contributed by atoms with E-state index in [9.17, 15) is 19.2 Å². The fourth-order valence-electron chi connectivity index (χ4n) is 2.94. The number of ether oxygens (including phenoxy) is 4. The van der Waals surface area contributed by atoms with Crippen LogP contribution in [0.25, 0.3) is 0 Å². The van der Waals surface area contributed by atoms with Gasteiger partial charge in [-0.15, -0.1) is 0 Å². The normalized spacial score (nSPS) is 25.8. The zero-order valence-corrected chi connectivity index (χ0v) is 18.3. The number of hydrogen-bond acceptors (Lipinski definition) is 8. The van der Waals surface area contributed by atoms with Crippen LogP contribution in [0.2, 0.25) is 0 Å². The predicted octanol–water partition coefficient (Wildman–Crippen LogP) is 3.63. The quantitative estimate of drug-likeness (QED) is 0.425. The van der Waals surface area contributed by atoms with E-state index in [-0.39, 0.29) is 49.3 Å². The van der Waals surface area contributed by atoms with Crippen molar-refractivity contribution in [2.45, 2.75) is 103 Å². The van der Waals surface area contributed by atoms with Gasteiger partial charge >= 0.3 is 23.9 Å². The minimum absolute atomic E-state index is 0.208. The lowest BCUT2D eigenvalue weighted by atomic mass is 10.1. The van der Waals surface area contributed by atoms with Crippen LogP contribution in [0.5, 0.6) is 0 Å². The molecule has 2 atom stereocenters. The Bertz CT molecular complexity index is 497. The molecule has 0 radical (unpaired) electrons. The highest BCUT2D eigenvalue weighted by molar-refractivity contribution is 5.70. The molecular formula is C22H36O8. The Morgan fingerprint density at radius 2 is 0.867 bits per heavy atom. The van der Waals surface area contributed by atoms with E-state index in [1.54, 1.807) is 13.8 Å². The summed E-state index contributed by atoms with van der Waals surface area (Å²) in [5.74, 6) is -1.13. The molecule has 172 valence electrons. The molecule has 1 aliphatic heterocycles. The van der Waals surface area contributed by atoms with Crippen LogP contribution in [0.15, 0.2) is 0 Å². The summed E-state index contributed by atoms with van der Waals surface area (Å²) in [5, 5.41) is 0. The van der Waals surface area contributed by atoms with Gasteiger partial charge in [0.25, 0.3) is 0 Å². The van der Waals surface area contributed by atoms with Gasteiger partial charge in [-0.25, -0.2) is 0 Å². The van der Waals surface area contributed by atoms with E-state index in [2.05, 4.69) is 0 Å². The van der Waals surface area contributed by atoms with Crippen molar-refractivity contribution < 1.29 is 38.1 Å². The second-order valence-electron chi connectivity index (χ2n) is 7.74. The van der Waals surface area contributed by atoms with Crippen molar-refractivity contribution >= 4 is 23.9 Å². The van der Waals surface area contributed by atoms with Crippen LogP contribution in [-0.2, 0) is 38.1 Å². The van der Waals surface area contributed by atoms with Crippen molar-refractivity contribution in [1.82, 2.24) is 0 Å². The van der Waals surface area contributed by atoms with Crippen molar-refractivity contribution in [2.24, 2.45) is 0 Å². The summed E-state index contributed by atoms with van der Waals surface area (Å²) < 4.78 is 20.9. The molecule has 1 aliphatic rings. The summed E-state index contributed by atoms with van der Waals surface area (Å²) in [7, 11) is 0. The number of esters is 4. The van der Waals surface area contributed by atoms with Gasteiger partial charge in [0.15, 0.2) is 0 Å². The number of carbonyl (C=O) groups excluding carboxylic acids is 4. The first-order valence-electron chi connectivity index (χ1n) is 11.1. The van der Waals surface area contributed by atoms with Gasteiger partial charge in [0.2, 0.25) is 0 Å². The topological polar surface area (TPSA) is 105 Å². The molecule has 2 unspecified atom stereocenters. The lowest BCUT2D eigenvalue weighted by Gasteiger charge is -2.14. The van der Waals surface area contributed by atoms with E-state index in [1.807, 2.05) is 0 Å². The van der Waals surface area contributed by atoms with Crippen LogP contribution >= 0.6 is 0 Å². The molecule has 0 spiro atoms. The molecule has 30 heavy (non-hydrogen) atoms. The average molecular weight is 429 g/mol. The van der Waals surface area contributed by atoms with Crippen LogP contribution < -0.4 is 0 Å². The SMILES string of the molecule is CC1CCOC(=O)CCCCCC(=O)OC(C)CCOC(=O)CCCCCC(=O)O1. The van der Waals surface area contributed by atoms with E-state index >= 15 is 0 Å². The molecule has 0 saturated carbocycles. The molecule has 1 heterocycles. The number of hydrogen-bond donors (Lipinski definition) is 0. The summed E-state index contributed by atoms with van der Waals surface area (Å²) in [4.78, 5) is 47.1. The van der Waals surface area contributed by atoms with Crippen LogP contribution in [0.4, 0.5) is 0 Å². The first kappa shape index (κ1) is 25.9. The molecular weight excluding hydrogens is 392 g/mol. The van der Waals surface area contributed by atoms with Gasteiger partial charge in [-0.05, 0) is 39.5 Å². The Kier molecular flexibility index (Phi) is 13.5. The summed E-state index contributed by atoms with van der Waals surface area (Å²) in [6, 6.07) is 0. The third-order valence-electron chi connectivity index (χ3n) is 4.76. The molecule has 8 heteroatoms. The van der Waals surface area contributed by atoms with Crippen molar-refractivity contribution in [3.05, 3.63) is 0 Å². The van der Waals surface area contributed by atoms with E-state index < -0.39 is 0 Å². The van der Waals surface area contributed by atoms with E-state index in [0.29, 0.717) is 64.2 Å². The highest BCUT2D eigenvalue weighted by atomic mass is 16.6. The van der Waals surface area contributed by atoms with Crippen LogP contribution in [0.3, 0.4) is 0 Å². The number of rotatable bonds is 0. The predicted molar refractivity (Wildman–Crippen MR) is 108 cm³/mol. The van der Waals surface area contributed by atoms with Crippen molar-refractivity contribution in [3.63, 3.8) is 0 Å². The first-order chi connectivity index (χ1) is 14.4. The van der Waals surface area contributed by atoms with Crippen molar-refractivity contribution in [2.75, 3.05) is 13.2 Å². The molecule has 0 N–H and O–H groups in total. The highest BCUT2D eigenvalue weighted by Gasteiger charge is 2.13. The molecule has 1 fully saturated rings. The second kappa shape index (κ2) is 15.7. The minimum atomic E-state index is -0.320. The van der Waals surface area contributed by atoms with Crippen molar-refractivity contribution in [1.29, 1.82) is 0 Å². The Hall–Kier alpha value is -2.12. The monoisotopic (exact) mass is 428 g/mol. The van der Waals surface area contributed by atoms with E-state index in [0.717, 1.165) is 12.8 Å². The summed E-state index contributed by atoms with van der Waals surface area (Å²) in [5.41, 5.74) is 0. The molecule has 0 amide bonds. The zero-order chi connectivity index (χ0) is 22.2. The fourth-order valence-corrected chi connectivity index (χ4v) is 2.94. The molecule has 1 rings (SSSR count). The van der Waals surface area contributed by atoms with Gasteiger partial charge in [0, 0.05) is 38.5 Å². The van der Waals surface area contributed by atoms with Gasteiger partial charge in [0.1, 0.15) is 12.2 Å². The van der Waals surface area contributed by atoms with Gasteiger partial charge in [-0.3, -0.25) is 19.2 Å². The largest absolute Gasteiger partial charge is 0.466 e. The van der Waals surface area contributed by atoms with E-state index in [1.165, 1.54) is 0 Å². The fraction of sp³-hybridized carbons (Fsp3) is 0.818. The average Bonchev–Trinajstić information content (AvgIpc) is 2.66. The van der Waals surface area contributed by atoms with Gasteiger partial charge < -0.3 is 18.9 Å². The number of cyclic esters (lactones) is 4. The smallest absolute Gasteiger partial charge is 0.306 e. The standard InChI is InChI=1S/C22H36O8/c1-17-13-15-27-19(23)9-6-4-8-12-22(26)30-18(2)14-16-28-20(24)10-5-3-7-11-21(25)29-17/h17-18H,3-16H2,1-2H3. The Morgan fingerprint density at radius 1 is 0.533 bits per heavy atom. The summed E-state index contributed by atoms with van der Waals surface area (Å²) >= 11 is 0. The summed E-state index contributed by atoms with van der Waals surface area (Å²) in [6.45, 7) is 3.95. The van der Waals surface area contributed by atoms with Gasteiger partial charge in [0.05, 0.1) is 13.2 Å². The van der Waals surface area contributed by atoms with Crippen LogP contribution in [0.1, 0.15) is 90.9 Å². The molecule has 0 aromatic rings. The molecule has 0 aromatic heterocycles. The van der Waals surface area contributed by atoms with Gasteiger partial charge in [-0.1, -0.05) is 12.8 Å². The Labute approximate surface area is 178 Å². The van der Waals surface area contributed by atoms with Crippen LogP contribution in [-0.4, -0.2) is 49.3 Å². The molecule has 1 saturated heterocycles. The molecule has 0 bridgehead atoms.